The summed E-state index contributed by atoms with van der Waals surface area (Å²) in [5.41, 5.74) is 2.33. The van der Waals surface area contributed by atoms with E-state index in [0.29, 0.717) is 15.7 Å². The van der Waals surface area contributed by atoms with Crippen LogP contribution in [0.25, 0.3) is 11.3 Å². The summed E-state index contributed by atoms with van der Waals surface area (Å²) < 4.78 is 5.44. The molecule has 2 aromatic carbocycles. The molecule has 0 bridgehead atoms. The van der Waals surface area contributed by atoms with Crippen LogP contribution < -0.4 is 15.0 Å². The van der Waals surface area contributed by atoms with Gasteiger partial charge in [0, 0.05) is 30.4 Å². The van der Waals surface area contributed by atoms with Crippen LogP contribution in [0.2, 0.25) is 15.1 Å². The molecule has 2 heterocycles. The number of ether oxygens (including phenoxy) is 1. The highest BCUT2D eigenvalue weighted by atomic mass is 35.5. The molecule has 1 amide bonds. The number of halogens is 3. The maximum Gasteiger partial charge on any atom is 0.262 e. The van der Waals surface area contributed by atoms with Crippen LogP contribution in [0.3, 0.4) is 0 Å². The summed E-state index contributed by atoms with van der Waals surface area (Å²) in [5.74, 6) is 0.870. The van der Waals surface area contributed by atoms with Crippen molar-refractivity contribution in [2.75, 3.05) is 29.9 Å². The van der Waals surface area contributed by atoms with Gasteiger partial charge in [-0.2, -0.15) is 0 Å². The quantitative estimate of drug-likeness (QED) is 0.460. The first kappa shape index (κ1) is 21.7. The van der Waals surface area contributed by atoms with E-state index in [0.717, 1.165) is 30.2 Å². The molecule has 0 spiro atoms. The highest BCUT2D eigenvalue weighted by molar-refractivity contribution is 6.43. The van der Waals surface area contributed by atoms with Gasteiger partial charge in [0.05, 0.1) is 20.8 Å². The summed E-state index contributed by atoms with van der Waals surface area (Å²) in [7, 11) is 0. The summed E-state index contributed by atoms with van der Waals surface area (Å²) in [6.45, 7) is 1.84. The number of nitrogens with one attached hydrogen (secondary N) is 1. The minimum atomic E-state index is -0.329. The average Bonchev–Trinajstić information content (AvgIpc) is 3.31. The Morgan fingerprint density at radius 3 is 2.32 bits per heavy atom. The van der Waals surface area contributed by atoms with Gasteiger partial charge in [0.25, 0.3) is 5.91 Å². The molecule has 1 aliphatic heterocycles. The molecule has 9 heteroatoms. The summed E-state index contributed by atoms with van der Waals surface area (Å²) in [5, 5.41) is 12.4. The average molecular weight is 478 g/mol. The Labute approximate surface area is 195 Å². The second-order valence-electron chi connectivity index (χ2n) is 7.08. The molecule has 1 N–H and O–H groups in total. The first-order valence-corrected chi connectivity index (χ1v) is 10.9. The normalized spacial score (nSPS) is 13.3. The van der Waals surface area contributed by atoms with Crippen LogP contribution in [0, 0.1) is 0 Å². The maximum atomic E-state index is 12.2. The third-order valence-corrected chi connectivity index (χ3v) is 5.90. The van der Waals surface area contributed by atoms with E-state index >= 15 is 0 Å². The van der Waals surface area contributed by atoms with E-state index in [1.165, 1.54) is 25.0 Å². The number of aromatic nitrogens is 2. The van der Waals surface area contributed by atoms with Crippen LogP contribution in [0.1, 0.15) is 12.8 Å². The van der Waals surface area contributed by atoms with Crippen molar-refractivity contribution < 1.29 is 9.53 Å². The van der Waals surface area contributed by atoms with E-state index in [1.54, 1.807) is 12.1 Å². The van der Waals surface area contributed by atoms with E-state index in [2.05, 4.69) is 20.4 Å². The molecular formula is C22H19Cl3N4O2. The van der Waals surface area contributed by atoms with Gasteiger partial charge < -0.3 is 15.0 Å². The van der Waals surface area contributed by atoms with Crippen molar-refractivity contribution in [3.63, 3.8) is 0 Å². The van der Waals surface area contributed by atoms with Crippen LogP contribution in [-0.4, -0.2) is 35.8 Å². The minimum Gasteiger partial charge on any atom is -0.482 e. The molecule has 1 aliphatic rings. The second kappa shape index (κ2) is 9.73. The van der Waals surface area contributed by atoms with Gasteiger partial charge in [0.2, 0.25) is 0 Å². The highest BCUT2D eigenvalue weighted by Crippen LogP contribution is 2.33. The fraction of sp³-hybridized carbons (Fsp3) is 0.227. The van der Waals surface area contributed by atoms with E-state index in [1.807, 2.05) is 24.3 Å². The molecule has 0 aliphatic carbocycles. The summed E-state index contributed by atoms with van der Waals surface area (Å²) in [4.78, 5) is 14.4. The summed E-state index contributed by atoms with van der Waals surface area (Å²) in [6.07, 6.45) is 2.39. The van der Waals surface area contributed by atoms with Gasteiger partial charge in [0.1, 0.15) is 5.75 Å². The zero-order valence-electron chi connectivity index (χ0n) is 16.4. The number of carbonyl (C=O) groups excluding carboxylic acids is 1. The summed E-state index contributed by atoms with van der Waals surface area (Å²) >= 11 is 17.9. The zero-order valence-corrected chi connectivity index (χ0v) is 18.7. The van der Waals surface area contributed by atoms with Gasteiger partial charge in [-0.15, -0.1) is 10.2 Å². The van der Waals surface area contributed by atoms with Crippen molar-refractivity contribution in [1.82, 2.24) is 10.2 Å². The number of nitrogens with zero attached hydrogens (tertiary/aromatic N) is 3. The molecule has 6 nitrogen and oxygen atoms in total. The van der Waals surface area contributed by atoms with Crippen molar-refractivity contribution in [2.45, 2.75) is 12.8 Å². The van der Waals surface area contributed by atoms with Crippen molar-refractivity contribution in [1.29, 1.82) is 0 Å². The molecule has 3 aromatic rings. The van der Waals surface area contributed by atoms with Crippen LogP contribution in [0.15, 0.2) is 48.5 Å². The van der Waals surface area contributed by atoms with Crippen molar-refractivity contribution in [3.05, 3.63) is 63.6 Å². The van der Waals surface area contributed by atoms with Crippen molar-refractivity contribution in [2.24, 2.45) is 0 Å². The highest BCUT2D eigenvalue weighted by Gasteiger charge is 2.14. The van der Waals surface area contributed by atoms with Gasteiger partial charge >= 0.3 is 0 Å². The molecule has 0 unspecified atom stereocenters. The number of amides is 1. The zero-order chi connectivity index (χ0) is 21.8. The van der Waals surface area contributed by atoms with Crippen LogP contribution in [0.5, 0.6) is 5.75 Å². The summed E-state index contributed by atoms with van der Waals surface area (Å²) in [6, 6.07) is 14.3. The first-order chi connectivity index (χ1) is 15.0. The Bertz CT molecular complexity index is 1070. The Morgan fingerprint density at radius 2 is 1.65 bits per heavy atom. The standard InChI is InChI=1S/C22H19Cl3N4O2/c23-16-11-18(25)20(12-17(16)24)31-13-22(30)26-15-5-3-14(4-6-15)19-7-8-21(28-27-19)29-9-1-2-10-29/h3-8,11-12H,1-2,9-10,13H2,(H,26,30). The van der Waals surface area contributed by atoms with Crippen molar-refractivity contribution >= 4 is 52.2 Å². The molecule has 4 rings (SSSR count). The van der Waals surface area contributed by atoms with Gasteiger partial charge in [-0.3, -0.25) is 4.79 Å². The fourth-order valence-electron chi connectivity index (χ4n) is 3.27. The number of rotatable bonds is 6. The Balaban J connectivity index is 1.34. The van der Waals surface area contributed by atoms with E-state index in [9.17, 15) is 4.79 Å². The lowest BCUT2D eigenvalue weighted by Gasteiger charge is -2.15. The third kappa shape index (κ3) is 5.39. The molecular weight excluding hydrogens is 459 g/mol. The molecule has 1 fully saturated rings. The van der Waals surface area contributed by atoms with Crippen LogP contribution in [0.4, 0.5) is 11.5 Å². The molecule has 31 heavy (non-hydrogen) atoms. The molecule has 0 radical (unpaired) electrons. The fourth-order valence-corrected chi connectivity index (χ4v) is 3.87. The minimum absolute atomic E-state index is 0.219. The predicted molar refractivity (Wildman–Crippen MR) is 125 cm³/mol. The first-order valence-electron chi connectivity index (χ1n) is 9.76. The number of carbonyl (C=O) groups is 1. The lowest BCUT2D eigenvalue weighted by Crippen LogP contribution is -2.20. The number of benzene rings is 2. The lowest BCUT2D eigenvalue weighted by molar-refractivity contribution is -0.118. The Morgan fingerprint density at radius 1 is 0.935 bits per heavy atom. The lowest BCUT2D eigenvalue weighted by atomic mass is 10.1. The SMILES string of the molecule is O=C(COc1cc(Cl)c(Cl)cc1Cl)Nc1ccc(-c2ccc(N3CCCC3)nn2)cc1. The van der Waals surface area contributed by atoms with Crippen LogP contribution in [-0.2, 0) is 4.79 Å². The third-order valence-electron chi connectivity index (χ3n) is 4.88. The van der Waals surface area contributed by atoms with Crippen LogP contribution >= 0.6 is 34.8 Å². The van der Waals surface area contributed by atoms with Gasteiger partial charge in [-0.1, -0.05) is 46.9 Å². The molecule has 1 aromatic heterocycles. The van der Waals surface area contributed by atoms with Gasteiger partial charge in [-0.05, 0) is 43.2 Å². The van der Waals surface area contributed by atoms with Gasteiger partial charge in [-0.25, -0.2) is 0 Å². The smallest absolute Gasteiger partial charge is 0.262 e. The predicted octanol–water partition coefficient (Wildman–Crippen LogP) is 5.72. The number of anilines is 2. The molecule has 0 atom stereocenters. The van der Waals surface area contributed by atoms with E-state index in [4.69, 9.17) is 39.5 Å². The second-order valence-corrected chi connectivity index (χ2v) is 8.30. The van der Waals surface area contributed by atoms with Crippen molar-refractivity contribution in [3.8, 4) is 17.0 Å². The Kier molecular flexibility index (Phi) is 6.80. The maximum absolute atomic E-state index is 12.2. The van der Waals surface area contributed by atoms with E-state index < -0.39 is 0 Å². The monoisotopic (exact) mass is 476 g/mol. The number of hydrogen-bond acceptors (Lipinski definition) is 5. The van der Waals surface area contributed by atoms with Gasteiger partial charge in [0.15, 0.2) is 12.4 Å². The molecule has 1 saturated heterocycles. The molecule has 160 valence electrons. The number of hydrogen-bond donors (Lipinski definition) is 1. The van der Waals surface area contributed by atoms with E-state index in [-0.39, 0.29) is 23.3 Å². The Hall–Kier alpha value is -2.54. The molecule has 0 saturated carbocycles. The topological polar surface area (TPSA) is 67.3 Å². The largest absolute Gasteiger partial charge is 0.482 e.